The molecule has 23 heavy (non-hydrogen) atoms. The number of imidazole rings is 1. The predicted octanol–water partition coefficient (Wildman–Crippen LogP) is 1.85. The normalized spacial score (nSPS) is 19.2. The van der Waals surface area contributed by atoms with E-state index in [1.54, 1.807) is 6.26 Å². The van der Waals surface area contributed by atoms with E-state index in [1.807, 2.05) is 41.0 Å². The van der Waals surface area contributed by atoms with Crippen LogP contribution in [0.25, 0.3) is 0 Å². The molecule has 1 aliphatic heterocycles. The molecule has 0 aromatic carbocycles. The lowest BCUT2D eigenvalue weighted by Crippen LogP contribution is -2.51. The van der Waals surface area contributed by atoms with Crippen LogP contribution in [-0.4, -0.2) is 51.4 Å². The average molecular weight is 316 g/mol. The molecule has 0 saturated carbocycles. The second-order valence-corrected chi connectivity index (χ2v) is 5.96. The highest BCUT2D eigenvalue weighted by atomic mass is 16.3. The third-order valence-electron chi connectivity index (χ3n) is 4.57. The second-order valence-electron chi connectivity index (χ2n) is 5.96. The SMILES string of the molecule is CCN1CCN(C(=O)CCc2ccco2)C[C@@H]1c1nccn1C. The zero-order valence-electron chi connectivity index (χ0n) is 13.8. The van der Waals surface area contributed by atoms with Gasteiger partial charge in [0.25, 0.3) is 0 Å². The first-order chi connectivity index (χ1) is 11.2. The summed E-state index contributed by atoms with van der Waals surface area (Å²) in [5.74, 6) is 2.08. The number of likely N-dealkylation sites (N-methyl/N-ethyl adjacent to an activating group) is 1. The molecular formula is C17H24N4O2. The molecule has 0 bridgehead atoms. The molecule has 6 heteroatoms. The minimum atomic E-state index is 0.168. The fourth-order valence-corrected chi connectivity index (χ4v) is 3.21. The Morgan fingerprint density at radius 2 is 2.30 bits per heavy atom. The molecule has 1 fully saturated rings. The van der Waals surface area contributed by atoms with Gasteiger partial charge in [0.2, 0.25) is 5.91 Å². The summed E-state index contributed by atoms with van der Waals surface area (Å²) in [6, 6.07) is 3.94. The Kier molecular flexibility index (Phi) is 4.81. The van der Waals surface area contributed by atoms with Crippen LogP contribution < -0.4 is 0 Å². The first kappa shape index (κ1) is 15.8. The van der Waals surface area contributed by atoms with Gasteiger partial charge in [-0.25, -0.2) is 4.98 Å². The highest BCUT2D eigenvalue weighted by Crippen LogP contribution is 2.24. The molecule has 0 aliphatic carbocycles. The van der Waals surface area contributed by atoms with Crippen LogP contribution in [0.4, 0.5) is 0 Å². The van der Waals surface area contributed by atoms with E-state index < -0.39 is 0 Å². The Labute approximate surface area is 136 Å². The summed E-state index contributed by atoms with van der Waals surface area (Å²) in [6.07, 6.45) is 6.58. The molecule has 2 aromatic rings. The van der Waals surface area contributed by atoms with E-state index in [9.17, 15) is 4.79 Å². The summed E-state index contributed by atoms with van der Waals surface area (Å²) in [4.78, 5) is 21.4. The minimum absolute atomic E-state index is 0.168. The number of hydrogen-bond donors (Lipinski definition) is 0. The smallest absolute Gasteiger partial charge is 0.223 e. The summed E-state index contributed by atoms with van der Waals surface area (Å²) in [6.45, 7) is 5.50. The van der Waals surface area contributed by atoms with E-state index >= 15 is 0 Å². The molecule has 6 nitrogen and oxygen atoms in total. The van der Waals surface area contributed by atoms with E-state index in [1.165, 1.54) is 0 Å². The van der Waals surface area contributed by atoms with Crippen LogP contribution in [0.3, 0.4) is 0 Å². The van der Waals surface area contributed by atoms with Gasteiger partial charge < -0.3 is 13.9 Å². The summed E-state index contributed by atoms with van der Waals surface area (Å²) in [7, 11) is 2.01. The van der Waals surface area contributed by atoms with Crippen LogP contribution in [0.1, 0.15) is 31.0 Å². The van der Waals surface area contributed by atoms with Gasteiger partial charge >= 0.3 is 0 Å². The molecule has 124 valence electrons. The van der Waals surface area contributed by atoms with Crippen molar-refractivity contribution in [2.75, 3.05) is 26.2 Å². The van der Waals surface area contributed by atoms with Crippen LogP contribution in [0, 0.1) is 0 Å². The Bertz CT molecular complexity index is 635. The Morgan fingerprint density at radius 1 is 1.43 bits per heavy atom. The topological polar surface area (TPSA) is 54.5 Å². The van der Waals surface area contributed by atoms with E-state index in [-0.39, 0.29) is 11.9 Å². The molecule has 1 aliphatic rings. The monoisotopic (exact) mass is 316 g/mol. The number of amides is 1. The maximum Gasteiger partial charge on any atom is 0.223 e. The molecule has 1 amide bonds. The van der Waals surface area contributed by atoms with E-state index in [4.69, 9.17) is 4.42 Å². The Hall–Kier alpha value is -2.08. The van der Waals surface area contributed by atoms with Crippen molar-refractivity contribution >= 4 is 5.91 Å². The van der Waals surface area contributed by atoms with Crippen molar-refractivity contribution in [1.29, 1.82) is 0 Å². The Balaban J connectivity index is 1.65. The summed E-state index contributed by atoms with van der Waals surface area (Å²) in [5, 5.41) is 0. The van der Waals surface area contributed by atoms with Crippen LogP contribution in [0.2, 0.25) is 0 Å². The van der Waals surface area contributed by atoms with E-state index in [0.717, 1.165) is 31.2 Å². The zero-order valence-corrected chi connectivity index (χ0v) is 13.8. The molecule has 1 saturated heterocycles. The molecule has 2 aromatic heterocycles. The van der Waals surface area contributed by atoms with Gasteiger partial charge in [0, 0.05) is 51.9 Å². The molecule has 0 unspecified atom stereocenters. The summed E-state index contributed by atoms with van der Waals surface area (Å²) >= 11 is 0. The minimum Gasteiger partial charge on any atom is -0.469 e. The van der Waals surface area contributed by atoms with Gasteiger partial charge in [0.05, 0.1) is 12.3 Å². The van der Waals surface area contributed by atoms with Crippen molar-refractivity contribution in [2.24, 2.45) is 7.05 Å². The highest BCUT2D eigenvalue weighted by molar-refractivity contribution is 5.76. The molecule has 3 rings (SSSR count). The first-order valence-corrected chi connectivity index (χ1v) is 8.20. The fourth-order valence-electron chi connectivity index (χ4n) is 3.21. The third-order valence-corrected chi connectivity index (χ3v) is 4.57. The predicted molar refractivity (Wildman–Crippen MR) is 86.8 cm³/mol. The van der Waals surface area contributed by atoms with Gasteiger partial charge in [-0.05, 0) is 18.7 Å². The number of carbonyl (C=O) groups excluding carboxylic acids is 1. The third kappa shape index (κ3) is 3.47. The number of aromatic nitrogens is 2. The van der Waals surface area contributed by atoms with Crippen molar-refractivity contribution < 1.29 is 9.21 Å². The second kappa shape index (κ2) is 7.00. The fraction of sp³-hybridized carbons (Fsp3) is 0.529. The quantitative estimate of drug-likeness (QED) is 0.845. The molecule has 0 spiro atoms. The number of rotatable bonds is 5. The number of furan rings is 1. The van der Waals surface area contributed by atoms with Gasteiger partial charge in [0.15, 0.2) is 0 Å². The molecular weight excluding hydrogens is 292 g/mol. The largest absolute Gasteiger partial charge is 0.469 e. The van der Waals surface area contributed by atoms with E-state index in [0.29, 0.717) is 19.4 Å². The molecule has 3 heterocycles. The number of carbonyl (C=O) groups is 1. The Morgan fingerprint density at radius 3 is 2.96 bits per heavy atom. The van der Waals surface area contributed by atoms with Crippen molar-refractivity contribution in [3.8, 4) is 0 Å². The molecule has 0 radical (unpaired) electrons. The number of piperazine rings is 1. The maximum absolute atomic E-state index is 12.5. The van der Waals surface area contributed by atoms with Crippen molar-refractivity contribution in [3.63, 3.8) is 0 Å². The zero-order chi connectivity index (χ0) is 16.2. The number of hydrogen-bond acceptors (Lipinski definition) is 4. The van der Waals surface area contributed by atoms with Crippen LogP contribution in [0.5, 0.6) is 0 Å². The lowest BCUT2D eigenvalue weighted by Gasteiger charge is -2.40. The number of nitrogens with zero attached hydrogens (tertiary/aromatic N) is 4. The van der Waals surface area contributed by atoms with Gasteiger partial charge in [-0.2, -0.15) is 0 Å². The van der Waals surface area contributed by atoms with Crippen molar-refractivity contribution in [1.82, 2.24) is 19.4 Å². The van der Waals surface area contributed by atoms with Crippen LogP contribution >= 0.6 is 0 Å². The van der Waals surface area contributed by atoms with Crippen LogP contribution in [0.15, 0.2) is 35.2 Å². The number of aryl methyl sites for hydroxylation is 2. The van der Waals surface area contributed by atoms with Crippen molar-refractivity contribution in [2.45, 2.75) is 25.8 Å². The standard InChI is InChI=1S/C17H24N4O2/c1-3-20-10-11-21(13-15(20)17-18-8-9-19(17)2)16(22)7-6-14-5-4-12-23-14/h4-5,8-9,12,15H,3,6-7,10-11,13H2,1-2H3/t15-/m1/s1. The van der Waals surface area contributed by atoms with E-state index in [2.05, 4.69) is 16.8 Å². The average Bonchev–Trinajstić information content (AvgIpc) is 3.23. The lowest BCUT2D eigenvalue weighted by molar-refractivity contribution is -0.134. The van der Waals surface area contributed by atoms with Gasteiger partial charge in [-0.1, -0.05) is 6.92 Å². The first-order valence-electron chi connectivity index (χ1n) is 8.20. The van der Waals surface area contributed by atoms with Gasteiger partial charge in [0.1, 0.15) is 11.6 Å². The van der Waals surface area contributed by atoms with Crippen LogP contribution in [-0.2, 0) is 18.3 Å². The van der Waals surface area contributed by atoms with Gasteiger partial charge in [-0.15, -0.1) is 0 Å². The summed E-state index contributed by atoms with van der Waals surface area (Å²) in [5.41, 5.74) is 0. The van der Waals surface area contributed by atoms with Gasteiger partial charge in [-0.3, -0.25) is 9.69 Å². The molecule has 0 N–H and O–H groups in total. The maximum atomic E-state index is 12.5. The highest BCUT2D eigenvalue weighted by Gasteiger charge is 2.31. The van der Waals surface area contributed by atoms with Crippen molar-refractivity contribution in [3.05, 3.63) is 42.4 Å². The molecule has 1 atom stereocenters. The summed E-state index contributed by atoms with van der Waals surface area (Å²) < 4.78 is 7.35. The lowest BCUT2D eigenvalue weighted by atomic mass is 10.1.